The van der Waals surface area contributed by atoms with Crippen molar-refractivity contribution < 1.29 is 18.7 Å². The molecule has 0 radical (unpaired) electrons. The fourth-order valence-corrected chi connectivity index (χ4v) is 1.91. The van der Waals surface area contributed by atoms with Crippen LogP contribution in [0.15, 0.2) is 28.7 Å². The van der Waals surface area contributed by atoms with E-state index in [1.54, 1.807) is 13.2 Å². The predicted molar refractivity (Wildman–Crippen MR) is 70.4 cm³/mol. The Bertz CT molecular complexity index is 526. The number of hydrogen-bond acceptors (Lipinski definition) is 4. The van der Waals surface area contributed by atoms with Crippen LogP contribution in [0.25, 0.3) is 11.0 Å². The Morgan fingerprint density at radius 3 is 3.05 bits per heavy atom. The lowest BCUT2D eigenvalue weighted by Crippen LogP contribution is -2.22. The first-order chi connectivity index (χ1) is 9.19. The number of aliphatic hydroxyl groups is 1. The molecule has 0 aliphatic heterocycles. The maximum atomic E-state index is 13.0. The van der Waals surface area contributed by atoms with E-state index in [0.717, 1.165) is 11.1 Å². The fraction of sp³-hybridized carbons (Fsp3) is 0.429. The van der Waals surface area contributed by atoms with Crippen molar-refractivity contribution in [1.29, 1.82) is 0 Å². The van der Waals surface area contributed by atoms with E-state index < -0.39 is 6.10 Å². The Balaban J connectivity index is 1.81. The van der Waals surface area contributed by atoms with Crippen LogP contribution in [0, 0.1) is 5.82 Å². The van der Waals surface area contributed by atoms with Crippen LogP contribution in [-0.2, 0) is 11.3 Å². The smallest absolute Gasteiger partial charge is 0.134 e. The number of methoxy groups -OCH3 is 1. The van der Waals surface area contributed by atoms with Crippen LogP contribution in [-0.4, -0.2) is 31.5 Å². The first kappa shape index (κ1) is 14.0. The molecule has 1 atom stereocenters. The first-order valence-electron chi connectivity index (χ1n) is 6.24. The van der Waals surface area contributed by atoms with Gasteiger partial charge < -0.3 is 19.6 Å². The lowest BCUT2D eigenvalue weighted by molar-refractivity contribution is 0.0593. The highest BCUT2D eigenvalue weighted by Gasteiger charge is 2.06. The molecule has 4 nitrogen and oxygen atoms in total. The van der Waals surface area contributed by atoms with E-state index >= 15 is 0 Å². The van der Waals surface area contributed by atoms with Crippen LogP contribution >= 0.6 is 0 Å². The van der Waals surface area contributed by atoms with Gasteiger partial charge in [0.05, 0.1) is 19.3 Å². The highest BCUT2D eigenvalue weighted by atomic mass is 19.1. The van der Waals surface area contributed by atoms with E-state index in [1.807, 2.05) is 6.07 Å². The molecule has 2 aromatic rings. The molecule has 5 heteroatoms. The minimum Gasteiger partial charge on any atom is -0.460 e. The van der Waals surface area contributed by atoms with E-state index in [0.29, 0.717) is 31.7 Å². The molecule has 2 rings (SSSR count). The molecule has 1 heterocycles. The molecule has 1 unspecified atom stereocenters. The molecular weight excluding hydrogens is 249 g/mol. The third kappa shape index (κ3) is 4.02. The van der Waals surface area contributed by atoms with E-state index in [9.17, 15) is 9.50 Å². The zero-order chi connectivity index (χ0) is 13.7. The number of halogens is 1. The molecule has 1 aromatic heterocycles. The van der Waals surface area contributed by atoms with Gasteiger partial charge in [0.2, 0.25) is 0 Å². The molecule has 0 amide bonds. The monoisotopic (exact) mass is 267 g/mol. The van der Waals surface area contributed by atoms with Crippen molar-refractivity contribution in [2.24, 2.45) is 0 Å². The number of ether oxygens (including phenoxy) is 1. The Morgan fingerprint density at radius 1 is 1.42 bits per heavy atom. The fourth-order valence-electron chi connectivity index (χ4n) is 1.91. The molecule has 0 spiro atoms. The van der Waals surface area contributed by atoms with Crippen molar-refractivity contribution in [3.05, 3.63) is 35.8 Å². The lowest BCUT2D eigenvalue weighted by atomic mass is 10.2. The van der Waals surface area contributed by atoms with Gasteiger partial charge >= 0.3 is 0 Å². The SMILES string of the molecule is COCC(O)CCNCc1cc2cc(F)ccc2o1. The van der Waals surface area contributed by atoms with E-state index in [1.165, 1.54) is 12.1 Å². The molecule has 0 saturated heterocycles. The van der Waals surface area contributed by atoms with Gasteiger partial charge in [0, 0.05) is 12.5 Å². The highest BCUT2D eigenvalue weighted by molar-refractivity contribution is 5.77. The van der Waals surface area contributed by atoms with Crippen molar-refractivity contribution in [2.45, 2.75) is 19.1 Å². The summed E-state index contributed by atoms with van der Waals surface area (Å²) in [7, 11) is 1.56. The summed E-state index contributed by atoms with van der Waals surface area (Å²) in [5, 5.41) is 13.4. The van der Waals surface area contributed by atoms with Crippen LogP contribution in [0.1, 0.15) is 12.2 Å². The molecule has 0 bridgehead atoms. The number of aliphatic hydroxyl groups excluding tert-OH is 1. The normalized spacial score (nSPS) is 13.0. The van der Waals surface area contributed by atoms with Gasteiger partial charge in [-0.2, -0.15) is 0 Å². The molecule has 104 valence electrons. The first-order valence-corrected chi connectivity index (χ1v) is 6.24. The van der Waals surface area contributed by atoms with Crippen LogP contribution < -0.4 is 5.32 Å². The van der Waals surface area contributed by atoms with Crippen LogP contribution in [0.4, 0.5) is 4.39 Å². The van der Waals surface area contributed by atoms with Crippen LogP contribution in [0.3, 0.4) is 0 Å². The topological polar surface area (TPSA) is 54.6 Å². The molecule has 0 aliphatic carbocycles. The predicted octanol–water partition coefficient (Wildman–Crippen LogP) is 2.06. The maximum absolute atomic E-state index is 13.0. The van der Waals surface area contributed by atoms with Crippen molar-refractivity contribution in [3.8, 4) is 0 Å². The average molecular weight is 267 g/mol. The van der Waals surface area contributed by atoms with Crippen molar-refractivity contribution in [1.82, 2.24) is 5.32 Å². The average Bonchev–Trinajstić information content (AvgIpc) is 2.77. The molecule has 2 N–H and O–H groups in total. The number of rotatable bonds is 7. The zero-order valence-electron chi connectivity index (χ0n) is 10.9. The summed E-state index contributed by atoms with van der Waals surface area (Å²) >= 11 is 0. The van der Waals surface area contributed by atoms with Gasteiger partial charge in [0.15, 0.2) is 0 Å². The summed E-state index contributed by atoms with van der Waals surface area (Å²) in [5.41, 5.74) is 0.678. The number of nitrogens with one attached hydrogen (secondary N) is 1. The number of benzene rings is 1. The number of fused-ring (bicyclic) bond motifs is 1. The summed E-state index contributed by atoms with van der Waals surface area (Å²) < 4.78 is 23.4. The summed E-state index contributed by atoms with van der Waals surface area (Å²) in [5.74, 6) is 0.484. The Labute approximate surface area is 111 Å². The third-order valence-corrected chi connectivity index (χ3v) is 2.84. The largest absolute Gasteiger partial charge is 0.460 e. The zero-order valence-corrected chi connectivity index (χ0v) is 10.9. The van der Waals surface area contributed by atoms with Gasteiger partial charge in [-0.05, 0) is 37.2 Å². The highest BCUT2D eigenvalue weighted by Crippen LogP contribution is 2.20. The van der Waals surface area contributed by atoms with Gasteiger partial charge in [-0.25, -0.2) is 4.39 Å². The van der Waals surface area contributed by atoms with Crippen molar-refractivity contribution in [2.75, 3.05) is 20.3 Å². The summed E-state index contributed by atoms with van der Waals surface area (Å²) in [6.45, 7) is 1.55. The van der Waals surface area contributed by atoms with E-state index in [4.69, 9.17) is 9.15 Å². The Morgan fingerprint density at radius 2 is 2.26 bits per heavy atom. The Hall–Kier alpha value is -1.43. The maximum Gasteiger partial charge on any atom is 0.134 e. The van der Waals surface area contributed by atoms with Gasteiger partial charge in [0.25, 0.3) is 0 Å². The summed E-state index contributed by atoms with van der Waals surface area (Å²) in [4.78, 5) is 0. The Kier molecular flexibility index (Phi) is 4.90. The molecule has 19 heavy (non-hydrogen) atoms. The molecule has 0 saturated carbocycles. The standard InChI is InChI=1S/C14H18FNO3/c1-18-9-12(17)4-5-16-8-13-7-10-6-11(15)2-3-14(10)19-13/h2-3,6-7,12,16-17H,4-5,8-9H2,1H3. The van der Waals surface area contributed by atoms with E-state index in [-0.39, 0.29) is 5.82 Å². The summed E-state index contributed by atoms with van der Waals surface area (Å²) in [6, 6.07) is 6.27. The number of hydrogen-bond donors (Lipinski definition) is 2. The second-order valence-corrected chi connectivity index (χ2v) is 4.47. The molecule has 1 aromatic carbocycles. The summed E-state index contributed by atoms with van der Waals surface area (Å²) in [6.07, 6.45) is 0.158. The molecule has 0 aliphatic rings. The van der Waals surface area contributed by atoms with Crippen LogP contribution in [0.2, 0.25) is 0 Å². The van der Waals surface area contributed by atoms with Crippen molar-refractivity contribution in [3.63, 3.8) is 0 Å². The van der Waals surface area contributed by atoms with Crippen molar-refractivity contribution >= 4 is 11.0 Å². The van der Waals surface area contributed by atoms with Gasteiger partial charge in [-0.1, -0.05) is 0 Å². The minimum absolute atomic E-state index is 0.268. The number of furan rings is 1. The second-order valence-electron chi connectivity index (χ2n) is 4.47. The van der Waals surface area contributed by atoms with Crippen LogP contribution in [0.5, 0.6) is 0 Å². The van der Waals surface area contributed by atoms with Gasteiger partial charge in [0.1, 0.15) is 17.2 Å². The quantitative estimate of drug-likeness (QED) is 0.754. The molecular formula is C14H18FNO3. The lowest BCUT2D eigenvalue weighted by Gasteiger charge is -2.09. The second kappa shape index (κ2) is 6.65. The van der Waals surface area contributed by atoms with E-state index in [2.05, 4.69) is 5.32 Å². The molecule has 0 fully saturated rings. The third-order valence-electron chi connectivity index (χ3n) is 2.84. The minimum atomic E-state index is -0.456. The van der Waals surface area contributed by atoms with Gasteiger partial charge in [-0.15, -0.1) is 0 Å². The van der Waals surface area contributed by atoms with Gasteiger partial charge in [-0.3, -0.25) is 0 Å².